The largest absolute Gasteiger partial charge is 0.355 e. The summed E-state index contributed by atoms with van der Waals surface area (Å²) in [5.74, 6) is 0.0499. The molecular weight excluding hydrogens is 426 g/mol. The number of aromatic amines is 1. The summed E-state index contributed by atoms with van der Waals surface area (Å²) in [5, 5.41) is 2.61. The average Bonchev–Trinajstić information content (AvgIpc) is 3.32. The van der Waals surface area contributed by atoms with Crippen LogP contribution in [0.5, 0.6) is 0 Å². The molecule has 0 spiro atoms. The summed E-state index contributed by atoms with van der Waals surface area (Å²) in [5.41, 5.74) is 5.90. The van der Waals surface area contributed by atoms with E-state index in [1.807, 2.05) is 97.1 Å². The number of ketones is 1. The quantitative estimate of drug-likeness (QED) is 0.212. The van der Waals surface area contributed by atoms with Crippen molar-refractivity contribution in [3.8, 4) is 0 Å². The maximum Gasteiger partial charge on any atom is 0.193 e. The van der Waals surface area contributed by atoms with E-state index in [-0.39, 0.29) is 5.78 Å². The molecule has 1 aromatic heterocycles. The molecule has 2 heteroatoms. The minimum Gasteiger partial charge on any atom is -0.355 e. The molecule has 0 aliphatic carbocycles. The molecule has 0 saturated carbocycles. The lowest BCUT2D eigenvalue weighted by Crippen LogP contribution is -2.03. The van der Waals surface area contributed by atoms with Crippen LogP contribution in [0.4, 0.5) is 0 Å². The predicted molar refractivity (Wildman–Crippen MR) is 147 cm³/mol. The van der Waals surface area contributed by atoms with E-state index in [0.29, 0.717) is 5.56 Å². The highest BCUT2D eigenvalue weighted by molar-refractivity contribution is 6.11. The average molecular weight is 452 g/mol. The normalized spacial score (nSPS) is 10.9. The Hall–Kier alpha value is -4.69. The second-order valence-electron chi connectivity index (χ2n) is 8.24. The van der Waals surface area contributed by atoms with Gasteiger partial charge in [-0.1, -0.05) is 133 Å². The van der Waals surface area contributed by atoms with E-state index in [2.05, 4.69) is 53.5 Å². The fourth-order valence-electron chi connectivity index (χ4n) is 4.14. The maximum absolute atomic E-state index is 12.6. The van der Waals surface area contributed by atoms with Gasteiger partial charge in [0.15, 0.2) is 5.78 Å². The van der Waals surface area contributed by atoms with Gasteiger partial charge in [0.2, 0.25) is 0 Å². The van der Waals surface area contributed by atoms with E-state index in [1.165, 1.54) is 21.8 Å². The van der Waals surface area contributed by atoms with Crippen molar-refractivity contribution in [3.05, 3.63) is 156 Å². The van der Waals surface area contributed by atoms with Crippen LogP contribution in [0.1, 0.15) is 27.0 Å². The van der Waals surface area contributed by atoms with Gasteiger partial charge in [-0.2, -0.15) is 0 Å². The topological polar surface area (TPSA) is 32.9 Å². The third-order valence-corrected chi connectivity index (χ3v) is 5.91. The molecule has 168 valence electrons. The standard InChI is InChI=1S/C21H16O.C12H9N/c22-21(19-12-5-2-6-13-19)20-14-8-7-11-18(20)16-15-17-9-3-1-4-10-17;1-3-7-11-9(5-1)10-6-2-4-8-12(10)13-11/h1-16H;1-8,13H. The molecule has 0 radical (unpaired) electrons. The molecule has 0 atom stereocenters. The number of fused-ring (bicyclic) bond motifs is 3. The van der Waals surface area contributed by atoms with Crippen molar-refractivity contribution in [1.82, 2.24) is 4.98 Å². The van der Waals surface area contributed by atoms with E-state index in [9.17, 15) is 4.79 Å². The number of para-hydroxylation sites is 2. The molecule has 1 heterocycles. The minimum atomic E-state index is 0.0499. The number of carbonyl (C=O) groups is 1. The molecule has 0 amide bonds. The Labute approximate surface area is 205 Å². The zero-order chi connectivity index (χ0) is 23.9. The first-order valence-electron chi connectivity index (χ1n) is 11.7. The number of aromatic nitrogens is 1. The monoisotopic (exact) mass is 451 g/mol. The highest BCUT2D eigenvalue weighted by Gasteiger charge is 2.11. The van der Waals surface area contributed by atoms with Gasteiger partial charge in [-0.3, -0.25) is 4.79 Å². The van der Waals surface area contributed by atoms with Crippen LogP contribution in [0.15, 0.2) is 133 Å². The third-order valence-electron chi connectivity index (χ3n) is 5.91. The molecule has 0 saturated heterocycles. The number of hydrogen-bond donors (Lipinski definition) is 1. The number of H-pyrrole nitrogens is 1. The fourth-order valence-corrected chi connectivity index (χ4v) is 4.14. The van der Waals surface area contributed by atoms with Gasteiger partial charge in [0.25, 0.3) is 0 Å². The second-order valence-corrected chi connectivity index (χ2v) is 8.24. The van der Waals surface area contributed by atoms with E-state index in [1.54, 1.807) is 0 Å². The van der Waals surface area contributed by atoms with Crippen molar-refractivity contribution in [1.29, 1.82) is 0 Å². The molecular formula is C33H25NO. The van der Waals surface area contributed by atoms with E-state index >= 15 is 0 Å². The number of hydrogen-bond acceptors (Lipinski definition) is 1. The van der Waals surface area contributed by atoms with Gasteiger partial charge in [-0.05, 0) is 23.3 Å². The smallest absolute Gasteiger partial charge is 0.193 e. The summed E-state index contributed by atoms with van der Waals surface area (Å²) in [4.78, 5) is 16.0. The van der Waals surface area contributed by atoms with Crippen molar-refractivity contribution in [3.63, 3.8) is 0 Å². The van der Waals surface area contributed by atoms with Crippen LogP contribution in [0.2, 0.25) is 0 Å². The summed E-state index contributed by atoms with van der Waals surface area (Å²) in [6.07, 6.45) is 4.02. The summed E-state index contributed by atoms with van der Waals surface area (Å²) in [6.45, 7) is 0. The molecule has 1 N–H and O–H groups in total. The number of rotatable bonds is 4. The van der Waals surface area contributed by atoms with Gasteiger partial charge < -0.3 is 4.98 Å². The highest BCUT2D eigenvalue weighted by atomic mass is 16.1. The van der Waals surface area contributed by atoms with Crippen LogP contribution in [0.25, 0.3) is 34.0 Å². The molecule has 0 aliphatic heterocycles. The molecule has 0 unspecified atom stereocenters. The van der Waals surface area contributed by atoms with Gasteiger partial charge in [-0.25, -0.2) is 0 Å². The van der Waals surface area contributed by atoms with Gasteiger partial charge in [-0.15, -0.1) is 0 Å². The molecule has 5 aromatic carbocycles. The van der Waals surface area contributed by atoms with Crippen LogP contribution in [0.3, 0.4) is 0 Å². The van der Waals surface area contributed by atoms with Crippen molar-refractivity contribution in [2.45, 2.75) is 0 Å². The van der Waals surface area contributed by atoms with E-state index < -0.39 is 0 Å². The SMILES string of the molecule is O=C(c1ccccc1)c1ccccc1C=Cc1ccccc1.c1ccc2c(c1)[nH]c1ccccc12. The zero-order valence-corrected chi connectivity index (χ0v) is 19.3. The number of benzene rings is 5. The summed E-state index contributed by atoms with van der Waals surface area (Å²) < 4.78 is 0. The number of nitrogens with one attached hydrogen (secondary N) is 1. The molecule has 6 rings (SSSR count). The minimum absolute atomic E-state index is 0.0499. The molecule has 0 bridgehead atoms. The summed E-state index contributed by atoms with van der Waals surface area (Å²) in [6, 6.07) is 43.9. The lowest BCUT2D eigenvalue weighted by atomic mass is 9.98. The first-order chi connectivity index (χ1) is 17.3. The van der Waals surface area contributed by atoms with Crippen LogP contribution >= 0.6 is 0 Å². The second kappa shape index (κ2) is 10.5. The van der Waals surface area contributed by atoms with Crippen molar-refractivity contribution in [2.75, 3.05) is 0 Å². The van der Waals surface area contributed by atoms with Gasteiger partial charge in [0.1, 0.15) is 0 Å². The first kappa shape index (κ1) is 22.1. The first-order valence-corrected chi connectivity index (χ1v) is 11.7. The lowest BCUT2D eigenvalue weighted by molar-refractivity contribution is 0.103. The van der Waals surface area contributed by atoms with Crippen LogP contribution < -0.4 is 0 Å². The molecule has 6 aromatic rings. The summed E-state index contributed by atoms with van der Waals surface area (Å²) in [7, 11) is 0. The molecule has 0 aliphatic rings. The maximum atomic E-state index is 12.6. The third kappa shape index (κ3) is 5.13. The van der Waals surface area contributed by atoms with Gasteiger partial charge in [0.05, 0.1) is 0 Å². The van der Waals surface area contributed by atoms with E-state index in [0.717, 1.165) is 16.7 Å². The fraction of sp³-hybridized carbons (Fsp3) is 0. The predicted octanol–water partition coefficient (Wildman–Crippen LogP) is 8.41. The van der Waals surface area contributed by atoms with Gasteiger partial charge >= 0.3 is 0 Å². The Morgan fingerprint density at radius 2 is 1.03 bits per heavy atom. The molecule has 2 nitrogen and oxygen atoms in total. The lowest BCUT2D eigenvalue weighted by Gasteiger charge is -2.05. The Kier molecular flexibility index (Phi) is 6.63. The van der Waals surface area contributed by atoms with Crippen LogP contribution in [-0.2, 0) is 0 Å². The Morgan fingerprint density at radius 1 is 0.514 bits per heavy atom. The summed E-state index contributed by atoms with van der Waals surface area (Å²) >= 11 is 0. The molecule has 35 heavy (non-hydrogen) atoms. The van der Waals surface area contributed by atoms with Crippen molar-refractivity contribution >= 4 is 39.7 Å². The van der Waals surface area contributed by atoms with Crippen molar-refractivity contribution < 1.29 is 4.79 Å². The van der Waals surface area contributed by atoms with E-state index in [4.69, 9.17) is 0 Å². The van der Waals surface area contributed by atoms with Crippen LogP contribution in [0, 0.1) is 0 Å². The Balaban J connectivity index is 0.000000164. The Morgan fingerprint density at radius 3 is 1.69 bits per heavy atom. The Bertz CT molecular complexity index is 1540. The number of carbonyl (C=O) groups excluding carboxylic acids is 1. The zero-order valence-electron chi connectivity index (χ0n) is 19.3. The van der Waals surface area contributed by atoms with Crippen LogP contribution in [-0.4, -0.2) is 10.8 Å². The highest BCUT2D eigenvalue weighted by Crippen LogP contribution is 2.24. The van der Waals surface area contributed by atoms with Gasteiger partial charge in [0, 0.05) is 32.9 Å². The van der Waals surface area contributed by atoms with Crippen molar-refractivity contribution in [2.24, 2.45) is 0 Å². The molecule has 0 fully saturated rings.